The summed E-state index contributed by atoms with van der Waals surface area (Å²) in [5.74, 6) is 0.670. The minimum absolute atomic E-state index is 0.283. The van der Waals surface area contributed by atoms with Crippen molar-refractivity contribution in [2.24, 2.45) is 11.0 Å². The topological polar surface area (TPSA) is 85.8 Å². The van der Waals surface area contributed by atoms with Crippen LogP contribution in [-0.2, 0) is 0 Å². The van der Waals surface area contributed by atoms with Gasteiger partial charge in [0, 0.05) is 11.4 Å². The Kier molecular flexibility index (Phi) is 6.46. The lowest BCUT2D eigenvalue weighted by Crippen LogP contribution is -2.47. The minimum atomic E-state index is -0.472. The van der Waals surface area contributed by atoms with Crippen LogP contribution in [0.1, 0.15) is 39.0 Å². The molecule has 1 aliphatic heterocycles. The molecule has 0 unspecified atom stereocenters. The van der Waals surface area contributed by atoms with E-state index in [-0.39, 0.29) is 12.1 Å². The van der Waals surface area contributed by atoms with Gasteiger partial charge >= 0.3 is 12.1 Å². The number of rotatable bonds is 3. The van der Waals surface area contributed by atoms with E-state index in [4.69, 9.17) is 0 Å². The molecule has 1 fully saturated rings. The van der Waals surface area contributed by atoms with Crippen molar-refractivity contribution in [1.29, 1.82) is 0 Å². The number of nitrogens with one attached hydrogen (secondary N) is 3. The Bertz CT molecular complexity index is 943. The first-order chi connectivity index (χ1) is 15.1. The molecule has 1 spiro atoms. The molecule has 2 aliphatic rings. The van der Waals surface area contributed by atoms with E-state index in [2.05, 4.69) is 28.0 Å². The molecule has 2 aromatic rings. The van der Waals surface area contributed by atoms with Gasteiger partial charge in [0.25, 0.3) is 0 Å². The molecular weight excluding hydrogens is 410 g/mol. The molecule has 4 rings (SSSR count). The summed E-state index contributed by atoms with van der Waals surface area (Å²) in [7, 11) is 0. The van der Waals surface area contributed by atoms with Gasteiger partial charge in [0.05, 0.1) is 0 Å². The monoisotopic (exact) mass is 437 g/mol. The van der Waals surface area contributed by atoms with E-state index < -0.39 is 4.87 Å². The van der Waals surface area contributed by atoms with Crippen LogP contribution in [0.2, 0.25) is 0 Å². The average Bonchev–Trinajstić information content (AvgIpc) is 3.13. The Labute approximate surface area is 186 Å². The minimum Gasteiger partial charge on any atom is -0.308 e. The van der Waals surface area contributed by atoms with Gasteiger partial charge in [0.2, 0.25) is 0 Å². The highest BCUT2D eigenvalue weighted by molar-refractivity contribution is 8.15. The van der Waals surface area contributed by atoms with E-state index in [0.717, 1.165) is 32.1 Å². The van der Waals surface area contributed by atoms with E-state index in [9.17, 15) is 9.59 Å². The fraction of sp³-hybridized carbons (Fsp3) is 0.348. The molecule has 2 aromatic carbocycles. The fourth-order valence-corrected chi connectivity index (χ4v) is 5.31. The Morgan fingerprint density at radius 3 is 2.13 bits per heavy atom. The van der Waals surface area contributed by atoms with Gasteiger partial charge in [-0.25, -0.2) is 9.59 Å². The van der Waals surface area contributed by atoms with Crippen molar-refractivity contribution >= 4 is 40.4 Å². The molecule has 7 nitrogen and oxygen atoms in total. The number of amides is 4. The predicted octanol–water partition coefficient (Wildman–Crippen LogP) is 5.66. The maximum absolute atomic E-state index is 13.1. The molecule has 3 N–H and O–H groups in total. The Morgan fingerprint density at radius 2 is 1.55 bits per heavy atom. The van der Waals surface area contributed by atoms with Gasteiger partial charge in [-0.15, -0.1) is 5.10 Å². The van der Waals surface area contributed by atoms with Crippen LogP contribution in [-0.4, -0.2) is 27.1 Å². The summed E-state index contributed by atoms with van der Waals surface area (Å²) in [5, 5.41) is 15.0. The number of hydrogen-bond donors (Lipinski definition) is 3. The lowest BCUT2D eigenvalue weighted by molar-refractivity contribution is 0.140. The van der Waals surface area contributed by atoms with Crippen LogP contribution in [0.15, 0.2) is 65.8 Å². The molecule has 1 aliphatic carbocycles. The zero-order chi connectivity index (χ0) is 21.7. The lowest BCUT2D eigenvalue weighted by atomic mass is 9.84. The summed E-state index contributed by atoms with van der Waals surface area (Å²) in [5.41, 5.74) is 1.41. The standard InChI is InChI=1S/C23H27N5O2S/c1-2-17-13-15-23(16-14-17)28(22(30)25-19-11-7-4-8-12-19)27-21(31-23)26-20(29)24-18-9-5-3-6-10-18/h3-12,17H,2,13-16H2,1H3,(H,25,30)(H2,24,26,27,29). The van der Waals surface area contributed by atoms with E-state index in [1.54, 1.807) is 0 Å². The summed E-state index contributed by atoms with van der Waals surface area (Å²) in [6.07, 6.45) is 4.90. The van der Waals surface area contributed by atoms with Crippen molar-refractivity contribution in [3.63, 3.8) is 0 Å². The average molecular weight is 438 g/mol. The summed E-state index contributed by atoms with van der Waals surface area (Å²) in [6, 6.07) is 17.9. The van der Waals surface area contributed by atoms with Crippen LogP contribution in [0, 0.1) is 5.92 Å². The Morgan fingerprint density at radius 1 is 0.968 bits per heavy atom. The second kappa shape index (κ2) is 9.43. The fourth-order valence-electron chi connectivity index (χ4n) is 4.04. The molecular formula is C23H27N5O2S. The third kappa shape index (κ3) is 5.02. The van der Waals surface area contributed by atoms with Crippen molar-refractivity contribution in [2.45, 2.75) is 43.9 Å². The molecule has 1 saturated carbocycles. The van der Waals surface area contributed by atoms with Gasteiger partial charge in [-0.05, 0) is 55.9 Å². The molecule has 0 atom stereocenters. The summed E-state index contributed by atoms with van der Waals surface area (Å²) >= 11 is 1.48. The first kappa shape index (κ1) is 21.2. The molecule has 1 heterocycles. The number of anilines is 2. The maximum Gasteiger partial charge on any atom is 0.343 e. The predicted molar refractivity (Wildman–Crippen MR) is 126 cm³/mol. The zero-order valence-electron chi connectivity index (χ0n) is 17.5. The lowest BCUT2D eigenvalue weighted by Gasteiger charge is -2.40. The summed E-state index contributed by atoms with van der Waals surface area (Å²) in [4.78, 5) is 25.1. The van der Waals surface area contributed by atoms with Crippen molar-refractivity contribution in [3.8, 4) is 0 Å². The highest BCUT2D eigenvalue weighted by atomic mass is 32.2. The number of urea groups is 2. The number of thioether (sulfide) groups is 1. The number of nitrogens with zero attached hydrogens (tertiary/aromatic N) is 2. The SMILES string of the molecule is CCC1CCC2(CC1)SC(NC(=O)Nc1ccccc1)=NN2C(=O)Nc1ccccc1. The number of hydrazone groups is 1. The van der Waals surface area contributed by atoms with E-state index >= 15 is 0 Å². The van der Waals surface area contributed by atoms with Gasteiger partial charge in [0.15, 0.2) is 5.17 Å². The molecule has 4 amide bonds. The Balaban J connectivity index is 1.49. The number of carbonyl (C=O) groups excluding carboxylic acids is 2. The number of para-hydroxylation sites is 2. The second-order valence-electron chi connectivity index (χ2n) is 7.86. The van der Waals surface area contributed by atoms with Crippen LogP contribution in [0.3, 0.4) is 0 Å². The zero-order valence-corrected chi connectivity index (χ0v) is 18.3. The van der Waals surface area contributed by atoms with Crippen LogP contribution in [0.5, 0.6) is 0 Å². The first-order valence-electron chi connectivity index (χ1n) is 10.6. The van der Waals surface area contributed by atoms with Gasteiger partial charge < -0.3 is 10.6 Å². The van der Waals surface area contributed by atoms with Crippen LogP contribution >= 0.6 is 11.8 Å². The first-order valence-corrected chi connectivity index (χ1v) is 11.5. The normalized spacial score (nSPS) is 22.7. The highest BCUT2D eigenvalue weighted by Crippen LogP contribution is 2.49. The van der Waals surface area contributed by atoms with Gasteiger partial charge in [-0.2, -0.15) is 5.01 Å². The second-order valence-corrected chi connectivity index (χ2v) is 9.21. The molecule has 8 heteroatoms. The number of carbonyl (C=O) groups is 2. The quantitative estimate of drug-likeness (QED) is 0.579. The highest BCUT2D eigenvalue weighted by Gasteiger charge is 2.49. The van der Waals surface area contributed by atoms with E-state index in [1.165, 1.54) is 16.8 Å². The third-order valence-electron chi connectivity index (χ3n) is 5.80. The van der Waals surface area contributed by atoms with E-state index in [0.29, 0.717) is 22.5 Å². The van der Waals surface area contributed by atoms with Crippen molar-refractivity contribution in [1.82, 2.24) is 10.3 Å². The maximum atomic E-state index is 13.1. The van der Waals surface area contributed by atoms with Crippen molar-refractivity contribution < 1.29 is 9.59 Å². The molecule has 31 heavy (non-hydrogen) atoms. The number of hydrogen-bond acceptors (Lipinski definition) is 4. The Hall–Kier alpha value is -3.00. The van der Waals surface area contributed by atoms with Crippen LogP contribution in [0.4, 0.5) is 21.0 Å². The summed E-state index contributed by atoms with van der Waals surface area (Å²) in [6.45, 7) is 2.21. The largest absolute Gasteiger partial charge is 0.343 e. The van der Waals surface area contributed by atoms with E-state index in [1.807, 2.05) is 60.7 Å². The molecule has 0 saturated heterocycles. The van der Waals surface area contributed by atoms with Crippen molar-refractivity contribution in [2.75, 3.05) is 10.6 Å². The van der Waals surface area contributed by atoms with Gasteiger partial charge in [-0.3, -0.25) is 5.32 Å². The van der Waals surface area contributed by atoms with Crippen LogP contribution < -0.4 is 16.0 Å². The number of amidine groups is 1. The van der Waals surface area contributed by atoms with Gasteiger partial charge in [0.1, 0.15) is 4.87 Å². The molecule has 0 bridgehead atoms. The molecule has 0 radical (unpaired) electrons. The molecule has 162 valence electrons. The van der Waals surface area contributed by atoms with Crippen molar-refractivity contribution in [3.05, 3.63) is 60.7 Å². The number of benzene rings is 2. The van der Waals surface area contributed by atoms with Crippen LogP contribution in [0.25, 0.3) is 0 Å². The summed E-state index contributed by atoms with van der Waals surface area (Å²) < 4.78 is 0. The third-order valence-corrected chi connectivity index (χ3v) is 7.14. The molecule has 0 aromatic heterocycles. The van der Waals surface area contributed by atoms with Gasteiger partial charge in [-0.1, -0.05) is 61.5 Å². The smallest absolute Gasteiger partial charge is 0.308 e.